The van der Waals surface area contributed by atoms with E-state index in [1.165, 1.54) is 0 Å². The number of hydrogen-bond acceptors (Lipinski definition) is 9. The summed E-state index contributed by atoms with van der Waals surface area (Å²) in [4.78, 5) is 30.3. The van der Waals surface area contributed by atoms with E-state index in [4.69, 9.17) is 15.2 Å². The van der Waals surface area contributed by atoms with Crippen LogP contribution >= 0.6 is 0 Å². The van der Waals surface area contributed by atoms with Gasteiger partial charge in [-0.2, -0.15) is 0 Å². The number of nitrogen functional groups attached to an aromatic ring is 1. The van der Waals surface area contributed by atoms with Gasteiger partial charge in [-0.05, 0) is 30.3 Å². The number of ether oxygens (including phenoxy) is 2. The summed E-state index contributed by atoms with van der Waals surface area (Å²) in [5.74, 6) is 0.422. The molecule has 4 heterocycles. The number of amides is 1. The SMILES string of the molecule is BN1CC(Oc2ccc(-c3cnc(N)c(C(=O)Nc4cnccc4N4CCOCC4)n3)cc2)C1. The summed E-state index contributed by atoms with van der Waals surface area (Å²) in [5, 5.41) is 2.90. The summed E-state index contributed by atoms with van der Waals surface area (Å²) in [5.41, 5.74) is 8.91. The van der Waals surface area contributed by atoms with Crippen LogP contribution in [0.4, 0.5) is 17.2 Å². The third-order valence-electron chi connectivity index (χ3n) is 5.90. The monoisotopic (exact) mass is 459 g/mol. The van der Waals surface area contributed by atoms with Gasteiger partial charge in [0, 0.05) is 37.9 Å². The van der Waals surface area contributed by atoms with E-state index >= 15 is 0 Å². The van der Waals surface area contributed by atoms with Crippen molar-refractivity contribution in [3.63, 3.8) is 0 Å². The first kappa shape index (κ1) is 22.1. The molecule has 2 fully saturated rings. The number of rotatable bonds is 6. The molecule has 0 unspecified atom stereocenters. The van der Waals surface area contributed by atoms with Crippen molar-refractivity contribution in [3.05, 3.63) is 54.6 Å². The maximum atomic E-state index is 13.1. The van der Waals surface area contributed by atoms with Crippen LogP contribution in [0.15, 0.2) is 48.9 Å². The van der Waals surface area contributed by atoms with Crippen LogP contribution in [0.2, 0.25) is 0 Å². The minimum Gasteiger partial charge on any atom is -0.488 e. The summed E-state index contributed by atoms with van der Waals surface area (Å²) >= 11 is 0. The fraction of sp³-hybridized carbons (Fsp3) is 0.304. The van der Waals surface area contributed by atoms with Crippen molar-refractivity contribution in [1.82, 2.24) is 19.8 Å². The van der Waals surface area contributed by atoms with Crippen molar-refractivity contribution >= 4 is 31.1 Å². The summed E-state index contributed by atoms with van der Waals surface area (Å²) < 4.78 is 11.4. The van der Waals surface area contributed by atoms with Crippen molar-refractivity contribution < 1.29 is 14.3 Å². The summed E-state index contributed by atoms with van der Waals surface area (Å²) in [6, 6.07) is 9.47. The fourth-order valence-corrected chi connectivity index (χ4v) is 4.06. The van der Waals surface area contributed by atoms with Gasteiger partial charge in [-0.15, -0.1) is 0 Å². The van der Waals surface area contributed by atoms with Crippen LogP contribution in [0, 0.1) is 0 Å². The van der Waals surface area contributed by atoms with Crippen molar-refractivity contribution in [1.29, 1.82) is 0 Å². The summed E-state index contributed by atoms with van der Waals surface area (Å²) in [6.07, 6.45) is 5.10. The average molecular weight is 459 g/mol. The van der Waals surface area contributed by atoms with Crippen LogP contribution in [-0.2, 0) is 4.74 Å². The molecule has 3 aromatic rings. The van der Waals surface area contributed by atoms with E-state index in [1.807, 2.05) is 30.3 Å². The Morgan fingerprint density at radius 3 is 2.65 bits per heavy atom. The lowest BCUT2D eigenvalue weighted by atomic mass is 10.1. The second kappa shape index (κ2) is 9.66. The minimum absolute atomic E-state index is 0.0621. The molecule has 1 aromatic carbocycles. The number of aromatic nitrogens is 3. The predicted octanol–water partition coefficient (Wildman–Crippen LogP) is 0.821. The molecule has 0 saturated carbocycles. The summed E-state index contributed by atoms with van der Waals surface area (Å²) in [6.45, 7) is 4.60. The molecule has 2 aliphatic rings. The molecule has 1 amide bonds. The molecule has 0 aliphatic carbocycles. The first-order valence-corrected chi connectivity index (χ1v) is 11.2. The van der Waals surface area contributed by atoms with Gasteiger partial charge in [0.05, 0.1) is 42.7 Å². The first-order chi connectivity index (χ1) is 16.6. The number of anilines is 3. The van der Waals surface area contributed by atoms with E-state index in [0.717, 1.165) is 43.2 Å². The lowest BCUT2D eigenvalue weighted by molar-refractivity contribution is 0.0779. The Hall–Kier alpha value is -3.70. The van der Waals surface area contributed by atoms with E-state index in [2.05, 4.69) is 38.0 Å². The number of morpholine rings is 1. The van der Waals surface area contributed by atoms with Crippen molar-refractivity contribution in [3.8, 4) is 17.0 Å². The van der Waals surface area contributed by atoms with Crippen molar-refractivity contribution in [2.45, 2.75) is 6.10 Å². The van der Waals surface area contributed by atoms with Crippen LogP contribution in [0.5, 0.6) is 5.75 Å². The Labute approximate surface area is 198 Å². The molecule has 3 N–H and O–H groups in total. The zero-order valence-electron chi connectivity index (χ0n) is 19.0. The Morgan fingerprint density at radius 1 is 1.15 bits per heavy atom. The average Bonchev–Trinajstić information content (AvgIpc) is 2.85. The molecule has 10 nitrogen and oxygen atoms in total. The lowest BCUT2D eigenvalue weighted by Gasteiger charge is -2.36. The third kappa shape index (κ3) is 4.80. The van der Waals surface area contributed by atoms with E-state index in [9.17, 15) is 4.79 Å². The Morgan fingerprint density at radius 2 is 1.91 bits per heavy atom. The van der Waals surface area contributed by atoms with Crippen LogP contribution < -0.4 is 20.7 Å². The highest BCUT2D eigenvalue weighted by molar-refractivity contribution is 6.07. The van der Waals surface area contributed by atoms with Crippen LogP contribution in [0.25, 0.3) is 11.3 Å². The zero-order chi connectivity index (χ0) is 23.5. The zero-order valence-corrected chi connectivity index (χ0v) is 19.0. The normalized spacial score (nSPS) is 16.6. The van der Waals surface area contributed by atoms with Crippen LogP contribution in [0.3, 0.4) is 0 Å². The predicted molar refractivity (Wildman–Crippen MR) is 132 cm³/mol. The Kier molecular flexibility index (Phi) is 6.28. The highest BCUT2D eigenvalue weighted by atomic mass is 16.5. The Bertz CT molecular complexity index is 1170. The molecular formula is C23H26BN7O3. The number of benzene rings is 1. The molecule has 34 heavy (non-hydrogen) atoms. The highest BCUT2D eigenvalue weighted by Gasteiger charge is 2.24. The molecule has 11 heteroatoms. The van der Waals surface area contributed by atoms with Gasteiger partial charge in [0.25, 0.3) is 5.91 Å². The number of carbonyl (C=O) groups is 1. The molecule has 174 valence electrons. The number of nitrogens with zero attached hydrogens (tertiary/aromatic N) is 5. The fourth-order valence-electron chi connectivity index (χ4n) is 4.06. The molecular weight excluding hydrogens is 433 g/mol. The highest BCUT2D eigenvalue weighted by Crippen LogP contribution is 2.27. The maximum Gasteiger partial charge on any atom is 0.278 e. The smallest absolute Gasteiger partial charge is 0.278 e. The topological polar surface area (TPSA) is 119 Å². The number of nitrogens with one attached hydrogen (secondary N) is 1. The largest absolute Gasteiger partial charge is 0.488 e. The molecule has 0 bridgehead atoms. The quantitative estimate of drug-likeness (QED) is 0.517. The van der Waals surface area contributed by atoms with Gasteiger partial charge in [0.15, 0.2) is 19.5 Å². The second-order valence-electron chi connectivity index (χ2n) is 8.42. The second-order valence-corrected chi connectivity index (χ2v) is 8.42. The number of pyridine rings is 1. The molecule has 2 saturated heterocycles. The molecule has 5 rings (SSSR count). The van der Waals surface area contributed by atoms with Gasteiger partial charge in [-0.1, -0.05) is 0 Å². The van der Waals surface area contributed by atoms with Crippen molar-refractivity contribution in [2.75, 3.05) is 55.3 Å². The standard InChI is InChI=1S/C23H26BN7O3/c24-31-13-17(14-31)34-16-3-1-15(2-4-16)18-12-27-22(25)21(28-18)23(32)29-19-11-26-6-5-20(19)30-7-9-33-10-8-30/h1-6,11-12,17H,7-10,13-14,24H2,(H2,25,27)(H,29,32). The maximum absolute atomic E-state index is 13.1. The third-order valence-corrected chi connectivity index (χ3v) is 5.90. The van der Waals surface area contributed by atoms with Gasteiger partial charge >= 0.3 is 0 Å². The molecule has 2 aromatic heterocycles. The molecule has 0 spiro atoms. The van der Waals surface area contributed by atoms with Gasteiger partial charge in [0.2, 0.25) is 0 Å². The Balaban J connectivity index is 1.33. The van der Waals surface area contributed by atoms with E-state index in [-0.39, 0.29) is 17.6 Å². The van der Waals surface area contributed by atoms with E-state index in [0.29, 0.717) is 24.6 Å². The number of hydrogen-bond donors (Lipinski definition) is 2. The first-order valence-electron chi connectivity index (χ1n) is 11.2. The van der Waals surface area contributed by atoms with Gasteiger partial charge < -0.3 is 30.2 Å². The van der Waals surface area contributed by atoms with Crippen LogP contribution in [0.1, 0.15) is 10.5 Å². The van der Waals surface area contributed by atoms with E-state index < -0.39 is 5.91 Å². The molecule has 0 radical (unpaired) electrons. The molecule has 2 aliphatic heterocycles. The summed E-state index contributed by atoms with van der Waals surface area (Å²) in [7, 11) is 2.06. The number of nitrogens with two attached hydrogens (primary N) is 1. The van der Waals surface area contributed by atoms with E-state index in [1.54, 1.807) is 18.6 Å². The van der Waals surface area contributed by atoms with Crippen LogP contribution in [-0.4, -0.2) is 79.1 Å². The van der Waals surface area contributed by atoms with Gasteiger partial charge in [-0.25, -0.2) is 9.97 Å². The van der Waals surface area contributed by atoms with Gasteiger partial charge in [-0.3, -0.25) is 9.78 Å². The van der Waals surface area contributed by atoms with Crippen molar-refractivity contribution in [2.24, 2.45) is 0 Å². The molecule has 0 atom stereocenters. The number of carbonyl (C=O) groups excluding carboxylic acids is 1. The minimum atomic E-state index is -0.441. The van der Waals surface area contributed by atoms with Gasteiger partial charge in [0.1, 0.15) is 11.9 Å². The lowest BCUT2D eigenvalue weighted by Crippen LogP contribution is -2.52.